The molecule has 0 aliphatic carbocycles. The number of nitrogens with one attached hydrogen (secondary N) is 1. The van der Waals surface area contributed by atoms with Crippen LogP contribution in [0.4, 0.5) is 26.3 Å². The number of ether oxygens (including phenoxy) is 1. The first-order valence-electron chi connectivity index (χ1n) is 11.6. The van der Waals surface area contributed by atoms with Gasteiger partial charge >= 0.3 is 24.3 Å². The lowest BCUT2D eigenvalue weighted by Gasteiger charge is -2.20. The molecule has 3 atom stereocenters. The van der Waals surface area contributed by atoms with Gasteiger partial charge in [-0.1, -0.05) is 0 Å². The number of aliphatic carboxylic acids is 2. The fourth-order valence-corrected chi connectivity index (χ4v) is 4.08. The van der Waals surface area contributed by atoms with Gasteiger partial charge in [0.2, 0.25) is 0 Å². The molecule has 0 radical (unpaired) electrons. The van der Waals surface area contributed by atoms with E-state index in [1.807, 2.05) is 18.7 Å². The predicted molar refractivity (Wildman–Crippen MR) is 124 cm³/mol. The summed E-state index contributed by atoms with van der Waals surface area (Å²) in [6.07, 6.45) is -6.64. The lowest BCUT2D eigenvalue weighted by molar-refractivity contribution is -0.193. The number of aromatic nitrogens is 3. The van der Waals surface area contributed by atoms with Gasteiger partial charge in [-0.25, -0.2) is 9.59 Å². The van der Waals surface area contributed by atoms with Gasteiger partial charge in [0.1, 0.15) is 0 Å². The van der Waals surface area contributed by atoms with Crippen LogP contribution < -0.4 is 5.32 Å². The molecule has 2 aromatic rings. The number of pyridine rings is 1. The van der Waals surface area contributed by atoms with Gasteiger partial charge in [0.05, 0.1) is 29.7 Å². The highest BCUT2D eigenvalue weighted by Crippen LogP contribution is 2.34. The molecule has 11 nitrogen and oxygen atoms in total. The Bertz CT molecular complexity index is 1130. The lowest BCUT2D eigenvalue weighted by Crippen LogP contribution is -2.34. The summed E-state index contributed by atoms with van der Waals surface area (Å²) >= 11 is 0. The Kier molecular flexibility index (Phi) is 11.0. The first-order chi connectivity index (χ1) is 18.5. The van der Waals surface area contributed by atoms with E-state index in [9.17, 15) is 31.1 Å². The summed E-state index contributed by atoms with van der Waals surface area (Å²) in [6, 6.07) is 5.70. The largest absolute Gasteiger partial charge is 0.490 e. The molecule has 0 unspecified atom stereocenters. The quantitative estimate of drug-likeness (QED) is 0.451. The van der Waals surface area contributed by atoms with E-state index < -0.39 is 24.3 Å². The smallest absolute Gasteiger partial charge is 0.475 e. The molecule has 0 aromatic carbocycles. The molecule has 0 saturated carbocycles. The molecule has 0 bridgehead atoms. The second-order valence-corrected chi connectivity index (χ2v) is 8.95. The zero-order valence-electron chi connectivity index (χ0n) is 21.2. The summed E-state index contributed by atoms with van der Waals surface area (Å²) in [6.45, 7) is 6.23. The van der Waals surface area contributed by atoms with Crippen molar-refractivity contribution in [3.05, 3.63) is 47.5 Å². The number of nitrogens with zero attached hydrogens (tertiary/aromatic N) is 4. The number of carbonyl (C=O) groups excluding carboxylic acids is 1. The Morgan fingerprint density at radius 3 is 2.17 bits per heavy atom. The molecule has 3 N–H and O–H groups in total. The van der Waals surface area contributed by atoms with E-state index in [1.54, 1.807) is 24.5 Å². The molecule has 4 heterocycles. The standard InChI is InChI=1S/C19H25N5O2.2C2HF3O2/c1-13-6-16(23(2)22-13)9-24-10-17-15(12-26-18(17)11-24)8-21-19(25)14-4-3-5-20-7-14;2*3-2(4,5)1(6)7/h3-7,15,17-18H,8-12H2,1-2H3,(H,21,25);2*(H,6,7)/t15-,17+,18+;;/m0../s1. The highest BCUT2D eigenvalue weighted by atomic mass is 19.4. The summed E-state index contributed by atoms with van der Waals surface area (Å²) in [4.78, 5) is 36.4. The molecule has 2 fully saturated rings. The number of alkyl halides is 6. The van der Waals surface area contributed by atoms with Crippen LogP contribution in [0.5, 0.6) is 0 Å². The van der Waals surface area contributed by atoms with E-state index in [4.69, 9.17) is 24.5 Å². The molecule has 2 aromatic heterocycles. The number of halogens is 6. The van der Waals surface area contributed by atoms with Crippen LogP contribution >= 0.6 is 0 Å². The van der Waals surface area contributed by atoms with Crippen LogP contribution in [0.25, 0.3) is 0 Å². The van der Waals surface area contributed by atoms with Crippen LogP contribution in [0.15, 0.2) is 30.6 Å². The number of hydrogen-bond donors (Lipinski definition) is 3. The summed E-state index contributed by atoms with van der Waals surface area (Å²) in [7, 11) is 1.99. The van der Waals surface area contributed by atoms with Gasteiger partial charge in [0, 0.05) is 57.5 Å². The molecule has 2 aliphatic heterocycles. The van der Waals surface area contributed by atoms with Crippen LogP contribution in [-0.4, -0.2) is 92.4 Å². The average Bonchev–Trinajstić information content (AvgIpc) is 3.52. The fourth-order valence-electron chi connectivity index (χ4n) is 4.08. The van der Waals surface area contributed by atoms with Crippen molar-refractivity contribution in [1.29, 1.82) is 0 Å². The number of carboxylic acids is 2. The number of rotatable bonds is 5. The monoisotopic (exact) mass is 583 g/mol. The van der Waals surface area contributed by atoms with Gasteiger partial charge < -0.3 is 20.3 Å². The summed E-state index contributed by atoms with van der Waals surface area (Å²) in [5, 5.41) is 21.7. The number of hydrogen-bond acceptors (Lipinski definition) is 7. The fraction of sp³-hybridized carbons (Fsp3) is 0.522. The lowest BCUT2D eigenvalue weighted by atomic mass is 9.93. The number of carbonyl (C=O) groups is 3. The Hall–Kier alpha value is -3.73. The Labute approximate surface area is 223 Å². The predicted octanol–water partition coefficient (Wildman–Crippen LogP) is 2.27. The molecule has 0 spiro atoms. The maximum absolute atomic E-state index is 12.2. The average molecular weight is 583 g/mol. The van der Waals surface area contributed by atoms with Gasteiger partial charge in [-0.15, -0.1) is 0 Å². The van der Waals surface area contributed by atoms with Crippen LogP contribution in [0.3, 0.4) is 0 Å². The molecule has 2 aliphatic rings. The minimum Gasteiger partial charge on any atom is -0.475 e. The summed E-state index contributed by atoms with van der Waals surface area (Å²) < 4.78 is 71.4. The maximum Gasteiger partial charge on any atom is 0.490 e. The molecular weight excluding hydrogens is 556 g/mol. The first-order valence-corrected chi connectivity index (χ1v) is 11.6. The van der Waals surface area contributed by atoms with E-state index in [2.05, 4.69) is 26.4 Å². The van der Waals surface area contributed by atoms with Crippen molar-refractivity contribution in [2.24, 2.45) is 18.9 Å². The normalized spacial score (nSPS) is 20.4. The number of likely N-dealkylation sites (tertiary alicyclic amines) is 1. The SMILES string of the molecule is Cc1cc(CN2C[C@@H]3[C@@H](CNC(=O)c4cccnc4)CO[C@@H]3C2)n(C)n1.O=C(O)C(F)(F)F.O=C(O)C(F)(F)F. The van der Waals surface area contributed by atoms with Gasteiger partial charge in [-0.2, -0.15) is 31.4 Å². The first kappa shape index (κ1) is 32.5. The molecule has 4 rings (SSSR count). The van der Waals surface area contributed by atoms with Crippen molar-refractivity contribution in [2.75, 3.05) is 26.2 Å². The van der Waals surface area contributed by atoms with Crippen LogP contribution in [0.1, 0.15) is 21.7 Å². The molecular formula is C23H27F6N5O6. The van der Waals surface area contributed by atoms with Crippen molar-refractivity contribution in [3.8, 4) is 0 Å². The third-order valence-corrected chi connectivity index (χ3v) is 5.93. The molecule has 17 heteroatoms. The van der Waals surface area contributed by atoms with Crippen molar-refractivity contribution in [2.45, 2.75) is 31.9 Å². The van der Waals surface area contributed by atoms with Crippen molar-refractivity contribution in [3.63, 3.8) is 0 Å². The minimum atomic E-state index is -5.08. The zero-order valence-corrected chi connectivity index (χ0v) is 21.2. The maximum atomic E-state index is 12.2. The Balaban J connectivity index is 0.000000333. The van der Waals surface area contributed by atoms with Crippen molar-refractivity contribution >= 4 is 17.8 Å². The number of fused-ring (bicyclic) bond motifs is 1. The van der Waals surface area contributed by atoms with Crippen molar-refractivity contribution in [1.82, 2.24) is 25.0 Å². The van der Waals surface area contributed by atoms with Crippen LogP contribution in [0, 0.1) is 18.8 Å². The molecule has 40 heavy (non-hydrogen) atoms. The highest BCUT2D eigenvalue weighted by molar-refractivity contribution is 5.93. The van der Waals surface area contributed by atoms with E-state index in [-0.39, 0.29) is 12.0 Å². The van der Waals surface area contributed by atoms with E-state index in [0.29, 0.717) is 23.9 Å². The third kappa shape index (κ3) is 9.78. The minimum absolute atomic E-state index is 0.0678. The van der Waals surface area contributed by atoms with Crippen LogP contribution in [-0.2, 0) is 27.9 Å². The molecule has 2 saturated heterocycles. The van der Waals surface area contributed by atoms with Crippen LogP contribution in [0.2, 0.25) is 0 Å². The zero-order chi connectivity index (χ0) is 30.3. The third-order valence-electron chi connectivity index (χ3n) is 5.93. The van der Waals surface area contributed by atoms with E-state index in [1.165, 1.54) is 5.69 Å². The van der Waals surface area contributed by atoms with E-state index in [0.717, 1.165) is 31.9 Å². The molecule has 222 valence electrons. The number of amides is 1. The number of aryl methyl sites for hydroxylation is 2. The summed E-state index contributed by atoms with van der Waals surface area (Å²) in [5.41, 5.74) is 2.88. The van der Waals surface area contributed by atoms with Gasteiger partial charge in [0.25, 0.3) is 5.91 Å². The van der Waals surface area contributed by atoms with E-state index >= 15 is 0 Å². The van der Waals surface area contributed by atoms with Crippen molar-refractivity contribution < 1.29 is 55.7 Å². The summed E-state index contributed by atoms with van der Waals surface area (Å²) in [5.74, 6) is -4.75. The second-order valence-electron chi connectivity index (χ2n) is 8.95. The highest BCUT2D eigenvalue weighted by Gasteiger charge is 2.44. The number of carboxylic acid groups (broad SMARTS) is 2. The topological polar surface area (TPSA) is 147 Å². The molecule has 1 amide bonds. The second kappa shape index (κ2) is 13.6. The Morgan fingerprint density at radius 2 is 1.70 bits per heavy atom. The Morgan fingerprint density at radius 1 is 1.10 bits per heavy atom. The van der Waals surface area contributed by atoms with Gasteiger partial charge in [0.15, 0.2) is 0 Å². The van der Waals surface area contributed by atoms with Gasteiger partial charge in [-0.05, 0) is 25.1 Å². The van der Waals surface area contributed by atoms with Gasteiger partial charge in [-0.3, -0.25) is 19.4 Å².